The predicted molar refractivity (Wildman–Crippen MR) is 60.2 cm³/mol. The van der Waals surface area contributed by atoms with Gasteiger partial charge in [-0.1, -0.05) is 4.89 Å². The molecule has 0 amide bonds. The van der Waals surface area contributed by atoms with Gasteiger partial charge in [0.05, 0.1) is 17.0 Å². The van der Waals surface area contributed by atoms with Crippen LogP contribution in [-0.4, -0.2) is 28.7 Å². The van der Waals surface area contributed by atoms with E-state index in [0.717, 1.165) is 15.1 Å². The molecule has 0 aromatic carbocycles. The number of thiophene rings is 1. The van der Waals surface area contributed by atoms with Crippen molar-refractivity contribution < 1.29 is 18.0 Å². The molecular weight excluding hydrogens is 306 g/mol. The summed E-state index contributed by atoms with van der Waals surface area (Å²) in [7, 11) is -2.05. The first-order valence-electron chi connectivity index (χ1n) is 3.94. The molecule has 1 aromatic rings. The molecule has 0 spiro atoms. The van der Waals surface area contributed by atoms with Crippen LogP contribution >= 0.6 is 27.3 Å². The lowest BCUT2D eigenvalue weighted by atomic mass is 10.7. The van der Waals surface area contributed by atoms with Gasteiger partial charge in [0.2, 0.25) is 0 Å². The fourth-order valence-electron chi connectivity index (χ4n) is 0.727. The zero-order chi connectivity index (χ0) is 11.3. The Hall–Kier alpha value is 0.01000. The summed E-state index contributed by atoms with van der Waals surface area (Å²) in [5, 5.41) is 0. The van der Waals surface area contributed by atoms with Crippen molar-refractivity contribution in [2.24, 2.45) is 0 Å². The highest BCUT2D eigenvalue weighted by atomic mass is 79.9. The molecule has 8 heteroatoms. The first kappa shape index (κ1) is 13.1. The Bertz CT molecular complexity index is 403. The molecule has 0 saturated carbocycles. The average molecular weight is 316 g/mol. The van der Waals surface area contributed by atoms with E-state index in [1.54, 1.807) is 6.07 Å². The molecule has 5 nitrogen and oxygen atoms in total. The average Bonchev–Trinajstić information content (AvgIpc) is 2.60. The van der Waals surface area contributed by atoms with Crippen molar-refractivity contribution in [1.29, 1.82) is 0 Å². The largest absolute Gasteiger partial charge is 0.382 e. The summed E-state index contributed by atoms with van der Waals surface area (Å²) >= 11 is 4.30. The van der Waals surface area contributed by atoms with Crippen molar-refractivity contribution >= 4 is 37.3 Å². The second-order valence-corrected chi connectivity index (χ2v) is 6.82. The van der Waals surface area contributed by atoms with Gasteiger partial charge >= 0.3 is 0 Å². The molecule has 0 aliphatic heterocycles. The third-order valence-electron chi connectivity index (χ3n) is 1.37. The molecule has 15 heavy (non-hydrogen) atoms. The van der Waals surface area contributed by atoms with Crippen LogP contribution in [0.5, 0.6) is 0 Å². The molecule has 1 N–H and O–H groups in total. The van der Waals surface area contributed by atoms with E-state index in [4.69, 9.17) is 9.57 Å². The van der Waals surface area contributed by atoms with Crippen molar-refractivity contribution in [3.63, 3.8) is 0 Å². The van der Waals surface area contributed by atoms with Gasteiger partial charge in [-0.25, -0.2) is 8.42 Å². The lowest BCUT2D eigenvalue weighted by molar-refractivity contribution is 0.0439. The first-order valence-corrected chi connectivity index (χ1v) is 7.03. The molecule has 0 aliphatic rings. The minimum absolute atomic E-state index is 0.169. The quantitative estimate of drug-likeness (QED) is 0.636. The van der Waals surface area contributed by atoms with Crippen molar-refractivity contribution in [3.8, 4) is 0 Å². The Balaban J connectivity index is 2.53. The zero-order valence-electron chi connectivity index (χ0n) is 7.90. The van der Waals surface area contributed by atoms with E-state index in [1.165, 1.54) is 13.2 Å². The van der Waals surface area contributed by atoms with Crippen LogP contribution in [0.4, 0.5) is 0 Å². The molecule has 0 radical (unpaired) electrons. The van der Waals surface area contributed by atoms with E-state index in [1.807, 2.05) is 4.89 Å². The van der Waals surface area contributed by atoms with Crippen molar-refractivity contribution in [2.45, 2.75) is 4.21 Å². The standard InChI is InChI=1S/C7H10BrNO4S2/c1-12-4-5-13-9-15(10,11)7-3-2-6(8)14-7/h2-3,9H,4-5H2,1H3. The second kappa shape index (κ2) is 5.92. The van der Waals surface area contributed by atoms with Gasteiger partial charge in [0.15, 0.2) is 0 Å². The first-order chi connectivity index (χ1) is 7.06. The maximum Gasteiger partial charge on any atom is 0.271 e. The number of hydrogen-bond donors (Lipinski definition) is 1. The van der Waals surface area contributed by atoms with Gasteiger partial charge in [-0.2, -0.15) is 0 Å². The maximum atomic E-state index is 11.5. The number of nitrogens with one attached hydrogen (secondary N) is 1. The third kappa shape index (κ3) is 4.17. The van der Waals surface area contributed by atoms with Gasteiger partial charge in [-0.3, -0.25) is 4.84 Å². The number of sulfonamides is 1. The van der Waals surface area contributed by atoms with Gasteiger partial charge in [-0.15, -0.1) is 11.3 Å². The predicted octanol–water partition coefficient (Wildman–Crippen LogP) is 1.37. The van der Waals surface area contributed by atoms with E-state index in [2.05, 4.69) is 15.9 Å². The topological polar surface area (TPSA) is 64.6 Å². The molecule has 0 bridgehead atoms. The van der Waals surface area contributed by atoms with Gasteiger partial charge in [0.25, 0.3) is 10.0 Å². The molecule has 0 saturated heterocycles. The van der Waals surface area contributed by atoms with E-state index in [-0.39, 0.29) is 10.8 Å². The number of hydrogen-bond acceptors (Lipinski definition) is 5. The molecule has 1 heterocycles. The minimum Gasteiger partial charge on any atom is -0.382 e. The molecule has 1 rings (SSSR count). The highest BCUT2D eigenvalue weighted by molar-refractivity contribution is 9.11. The SMILES string of the molecule is COCCONS(=O)(=O)c1ccc(Br)s1. The van der Waals surface area contributed by atoms with Crippen LogP contribution in [0.15, 0.2) is 20.1 Å². The molecule has 86 valence electrons. The molecule has 0 unspecified atom stereocenters. The lowest BCUT2D eigenvalue weighted by Crippen LogP contribution is -2.24. The van der Waals surface area contributed by atoms with Crippen molar-refractivity contribution in [1.82, 2.24) is 4.89 Å². The van der Waals surface area contributed by atoms with Crippen LogP contribution < -0.4 is 4.89 Å². The normalized spacial score (nSPS) is 11.9. The van der Waals surface area contributed by atoms with Crippen molar-refractivity contribution in [2.75, 3.05) is 20.3 Å². The van der Waals surface area contributed by atoms with Crippen LogP contribution in [0.3, 0.4) is 0 Å². The Morgan fingerprint density at radius 2 is 2.20 bits per heavy atom. The lowest BCUT2D eigenvalue weighted by Gasteiger charge is -2.04. The Labute approximate surface area is 101 Å². The highest BCUT2D eigenvalue weighted by Crippen LogP contribution is 2.25. The van der Waals surface area contributed by atoms with Crippen LogP contribution in [-0.2, 0) is 19.6 Å². The minimum atomic E-state index is -3.56. The van der Waals surface area contributed by atoms with Gasteiger partial charge in [0.1, 0.15) is 4.21 Å². The van der Waals surface area contributed by atoms with Gasteiger partial charge in [0, 0.05) is 7.11 Å². The number of methoxy groups -OCH3 is 1. The smallest absolute Gasteiger partial charge is 0.271 e. The van der Waals surface area contributed by atoms with Gasteiger partial charge < -0.3 is 4.74 Å². The Morgan fingerprint density at radius 3 is 2.73 bits per heavy atom. The summed E-state index contributed by atoms with van der Waals surface area (Å²) in [4.78, 5) is 6.74. The monoisotopic (exact) mass is 315 g/mol. The number of rotatable bonds is 6. The third-order valence-corrected chi connectivity index (χ3v) is 4.70. The second-order valence-electron chi connectivity index (χ2n) is 2.49. The fourth-order valence-corrected chi connectivity index (χ4v) is 3.55. The van der Waals surface area contributed by atoms with Gasteiger partial charge in [-0.05, 0) is 28.1 Å². The molecule has 0 fully saturated rings. The molecular formula is C7H10BrNO4S2. The van der Waals surface area contributed by atoms with E-state index in [9.17, 15) is 8.42 Å². The van der Waals surface area contributed by atoms with E-state index in [0.29, 0.717) is 6.61 Å². The summed E-state index contributed by atoms with van der Waals surface area (Å²) in [5.41, 5.74) is 0. The number of ether oxygens (including phenoxy) is 1. The van der Waals surface area contributed by atoms with Crippen LogP contribution in [0.1, 0.15) is 0 Å². The summed E-state index contributed by atoms with van der Waals surface area (Å²) < 4.78 is 28.7. The summed E-state index contributed by atoms with van der Waals surface area (Å²) in [6, 6.07) is 3.16. The van der Waals surface area contributed by atoms with Crippen LogP contribution in [0.25, 0.3) is 0 Å². The summed E-state index contributed by atoms with van der Waals surface area (Å²) in [6.45, 7) is 0.499. The van der Waals surface area contributed by atoms with Crippen LogP contribution in [0, 0.1) is 0 Å². The Morgan fingerprint density at radius 1 is 1.47 bits per heavy atom. The van der Waals surface area contributed by atoms with Crippen molar-refractivity contribution in [3.05, 3.63) is 15.9 Å². The van der Waals surface area contributed by atoms with E-state index < -0.39 is 10.0 Å². The molecule has 0 aliphatic carbocycles. The molecule has 1 aromatic heterocycles. The Kier molecular flexibility index (Phi) is 5.16. The van der Waals surface area contributed by atoms with Crippen LogP contribution in [0.2, 0.25) is 0 Å². The van der Waals surface area contributed by atoms with E-state index >= 15 is 0 Å². The maximum absolute atomic E-state index is 11.5. The molecule has 0 atom stereocenters. The summed E-state index contributed by atoms with van der Waals surface area (Å²) in [5.74, 6) is 0. The summed E-state index contributed by atoms with van der Waals surface area (Å²) in [6.07, 6.45) is 0. The zero-order valence-corrected chi connectivity index (χ0v) is 11.1. The number of halogens is 1. The fraction of sp³-hybridized carbons (Fsp3) is 0.429. The highest BCUT2D eigenvalue weighted by Gasteiger charge is 2.16.